The molecule has 1 aliphatic heterocycles. The zero-order valence-corrected chi connectivity index (χ0v) is 9.78. The lowest BCUT2D eigenvalue weighted by atomic mass is 10.1. The summed E-state index contributed by atoms with van der Waals surface area (Å²) in [6, 6.07) is 6.64. The Morgan fingerprint density at radius 1 is 1.29 bits per heavy atom. The molecule has 0 aliphatic carbocycles. The summed E-state index contributed by atoms with van der Waals surface area (Å²) < 4.78 is 0. The van der Waals surface area contributed by atoms with Gasteiger partial charge in [0, 0.05) is 0 Å². The fraction of sp³-hybridized carbons (Fsp3) is 0.462. The summed E-state index contributed by atoms with van der Waals surface area (Å²) >= 11 is 0. The summed E-state index contributed by atoms with van der Waals surface area (Å²) in [5, 5.41) is 15.6. The van der Waals surface area contributed by atoms with Crippen molar-refractivity contribution < 1.29 is 9.90 Å². The Bertz CT molecular complexity index is 385. The first-order chi connectivity index (χ1) is 8.27. The molecule has 1 aromatic rings. The number of phenolic OH excluding ortho intramolecular Hbond substituents is 1. The van der Waals surface area contributed by atoms with Crippen LogP contribution in [0.2, 0.25) is 0 Å². The molecule has 4 nitrogen and oxygen atoms in total. The Balaban J connectivity index is 1.98. The van der Waals surface area contributed by atoms with Crippen molar-refractivity contribution in [3.63, 3.8) is 0 Å². The standard InChI is InChI=1S/C13H18N2O2/c16-12-8-4-3-6-10(12)15-13(17)11-7-2-1-5-9-14-11/h3-4,6,8,11,14,16H,1-2,5,7,9H2,(H,15,17)/t11-/m0/s1. The monoisotopic (exact) mass is 234 g/mol. The zero-order valence-electron chi connectivity index (χ0n) is 9.78. The van der Waals surface area contributed by atoms with E-state index < -0.39 is 0 Å². The molecule has 3 N–H and O–H groups in total. The molecule has 1 aliphatic rings. The highest BCUT2D eigenvalue weighted by Crippen LogP contribution is 2.22. The first-order valence-corrected chi connectivity index (χ1v) is 6.09. The van der Waals surface area contributed by atoms with Gasteiger partial charge >= 0.3 is 0 Å². The maximum Gasteiger partial charge on any atom is 0.241 e. The average molecular weight is 234 g/mol. The highest BCUT2D eigenvalue weighted by Gasteiger charge is 2.19. The van der Waals surface area contributed by atoms with Crippen molar-refractivity contribution >= 4 is 11.6 Å². The molecule has 1 heterocycles. The third-order valence-electron chi connectivity index (χ3n) is 3.04. The van der Waals surface area contributed by atoms with Crippen molar-refractivity contribution in [2.24, 2.45) is 0 Å². The van der Waals surface area contributed by atoms with Gasteiger partial charge in [-0.3, -0.25) is 4.79 Å². The van der Waals surface area contributed by atoms with E-state index >= 15 is 0 Å². The number of carbonyl (C=O) groups excluding carboxylic acids is 1. The van der Waals surface area contributed by atoms with Crippen LogP contribution in [-0.2, 0) is 4.79 Å². The van der Waals surface area contributed by atoms with Crippen LogP contribution in [0, 0.1) is 0 Å². The number of hydrogen-bond acceptors (Lipinski definition) is 3. The van der Waals surface area contributed by atoms with Crippen LogP contribution in [0.25, 0.3) is 0 Å². The van der Waals surface area contributed by atoms with E-state index in [1.54, 1.807) is 24.3 Å². The fourth-order valence-corrected chi connectivity index (χ4v) is 2.05. The number of benzene rings is 1. The maximum absolute atomic E-state index is 12.0. The Morgan fingerprint density at radius 3 is 2.94 bits per heavy atom. The molecule has 4 heteroatoms. The topological polar surface area (TPSA) is 61.4 Å². The number of aromatic hydroxyl groups is 1. The molecule has 0 saturated carbocycles. The first kappa shape index (κ1) is 11.9. The van der Waals surface area contributed by atoms with Crippen LogP contribution < -0.4 is 10.6 Å². The van der Waals surface area contributed by atoms with E-state index in [9.17, 15) is 9.90 Å². The second kappa shape index (κ2) is 5.68. The van der Waals surface area contributed by atoms with E-state index in [4.69, 9.17) is 0 Å². The summed E-state index contributed by atoms with van der Waals surface area (Å²) in [6.07, 6.45) is 4.24. The molecule has 1 amide bonds. The lowest BCUT2D eigenvalue weighted by Crippen LogP contribution is -2.39. The maximum atomic E-state index is 12.0. The highest BCUT2D eigenvalue weighted by atomic mass is 16.3. The first-order valence-electron chi connectivity index (χ1n) is 6.09. The highest BCUT2D eigenvalue weighted by molar-refractivity contribution is 5.96. The van der Waals surface area contributed by atoms with E-state index in [0.29, 0.717) is 5.69 Å². The van der Waals surface area contributed by atoms with E-state index in [0.717, 1.165) is 25.8 Å². The van der Waals surface area contributed by atoms with Crippen LogP contribution in [0.3, 0.4) is 0 Å². The lowest BCUT2D eigenvalue weighted by Gasteiger charge is -2.16. The summed E-state index contributed by atoms with van der Waals surface area (Å²) in [7, 11) is 0. The molecule has 0 radical (unpaired) electrons. The minimum Gasteiger partial charge on any atom is -0.506 e. The molecule has 1 atom stereocenters. The quantitative estimate of drug-likeness (QED) is 0.684. The van der Waals surface area contributed by atoms with E-state index in [1.165, 1.54) is 6.42 Å². The van der Waals surface area contributed by atoms with Crippen LogP contribution in [0.4, 0.5) is 5.69 Å². The number of amides is 1. The Labute approximate surface area is 101 Å². The van der Waals surface area contributed by atoms with Crippen molar-refractivity contribution in [1.29, 1.82) is 0 Å². The van der Waals surface area contributed by atoms with Crippen molar-refractivity contribution in [3.8, 4) is 5.75 Å². The number of para-hydroxylation sites is 2. The third kappa shape index (κ3) is 3.20. The molecule has 0 aromatic heterocycles. The molecule has 92 valence electrons. The van der Waals surface area contributed by atoms with Gasteiger partial charge in [-0.2, -0.15) is 0 Å². The molecular weight excluding hydrogens is 216 g/mol. The van der Waals surface area contributed by atoms with Crippen LogP contribution in [0.15, 0.2) is 24.3 Å². The molecule has 0 spiro atoms. The number of anilines is 1. The lowest BCUT2D eigenvalue weighted by molar-refractivity contribution is -0.118. The van der Waals surface area contributed by atoms with Gasteiger partial charge in [0.05, 0.1) is 11.7 Å². The predicted octanol–water partition coefficient (Wildman–Crippen LogP) is 1.86. The number of nitrogens with one attached hydrogen (secondary N) is 2. The van der Waals surface area contributed by atoms with Crippen molar-refractivity contribution in [3.05, 3.63) is 24.3 Å². The number of carbonyl (C=O) groups is 1. The van der Waals surface area contributed by atoms with Gasteiger partial charge in [0.15, 0.2) is 0 Å². The van der Waals surface area contributed by atoms with Gasteiger partial charge in [-0.05, 0) is 31.5 Å². The van der Waals surface area contributed by atoms with Crippen LogP contribution in [0.5, 0.6) is 5.75 Å². The van der Waals surface area contributed by atoms with Crippen LogP contribution in [0.1, 0.15) is 25.7 Å². The van der Waals surface area contributed by atoms with Crippen LogP contribution >= 0.6 is 0 Å². The molecule has 1 fully saturated rings. The van der Waals surface area contributed by atoms with Gasteiger partial charge in [0.2, 0.25) is 5.91 Å². The van der Waals surface area contributed by atoms with Gasteiger partial charge in [-0.15, -0.1) is 0 Å². The summed E-state index contributed by atoms with van der Waals surface area (Å²) in [4.78, 5) is 12.0. The van der Waals surface area contributed by atoms with Gasteiger partial charge in [-0.1, -0.05) is 25.0 Å². The van der Waals surface area contributed by atoms with Crippen molar-refractivity contribution in [2.75, 3.05) is 11.9 Å². The van der Waals surface area contributed by atoms with Gasteiger partial charge < -0.3 is 15.7 Å². The molecule has 0 bridgehead atoms. The second-order valence-corrected chi connectivity index (χ2v) is 4.36. The zero-order chi connectivity index (χ0) is 12.1. The molecule has 0 unspecified atom stereocenters. The average Bonchev–Trinajstić information content (AvgIpc) is 2.61. The van der Waals surface area contributed by atoms with Gasteiger partial charge in [-0.25, -0.2) is 0 Å². The third-order valence-corrected chi connectivity index (χ3v) is 3.04. The molecule has 2 rings (SSSR count). The molecule has 17 heavy (non-hydrogen) atoms. The Hall–Kier alpha value is -1.55. The van der Waals surface area contributed by atoms with E-state index in [-0.39, 0.29) is 17.7 Å². The predicted molar refractivity (Wildman–Crippen MR) is 67.0 cm³/mol. The smallest absolute Gasteiger partial charge is 0.241 e. The van der Waals surface area contributed by atoms with Crippen molar-refractivity contribution in [1.82, 2.24) is 5.32 Å². The van der Waals surface area contributed by atoms with E-state index in [1.807, 2.05) is 0 Å². The summed E-state index contributed by atoms with van der Waals surface area (Å²) in [5.74, 6) is 0.0443. The number of rotatable bonds is 2. The molecule has 1 aromatic carbocycles. The Morgan fingerprint density at radius 2 is 2.12 bits per heavy atom. The summed E-state index contributed by atoms with van der Waals surface area (Å²) in [5.41, 5.74) is 0.476. The summed E-state index contributed by atoms with van der Waals surface area (Å²) in [6.45, 7) is 0.888. The minimum atomic E-state index is -0.142. The second-order valence-electron chi connectivity index (χ2n) is 4.36. The number of phenols is 1. The molecular formula is C13H18N2O2. The normalized spacial score (nSPS) is 20.6. The molecule has 1 saturated heterocycles. The van der Waals surface area contributed by atoms with Crippen LogP contribution in [-0.4, -0.2) is 23.6 Å². The Kier molecular flexibility index (Phi) is 3.98. The van der Waals surface area contributed by atoms with Gasteiger partial charge in [0.1, 0.15) is 5.75 Å². The SMILES string of the molecule is O=C(Nc1ccccc1O)[C@@H]1CCCCCN1. The van der Waals surface area contributed by atoms with Gasteiger partial charge in [0.25, 0.3) is 0 Å². The number of hydrogen-bond donors (Lipinski definition) is 3. The minimum absolute atomic E-state index is 0.0617. The van der Waals surface area contributed by atoms with Crippen molar-refractivity contribution in [2.45, 2.75) is 31.7 Å². The fourth-order valence-electron chi connectivity index (χ4n) is 2.05. The largest absolute Gasteiger partial charge is 0.506 e. The van der Waals surface area contributed by atoms with E-state index in [2.05, 4.69) is 10.6 Å².